The first kappa shape index (κ1) is 38.9. The van der Waals surface area contributed by atoms with E-state index in [4.69, 9.17) is 9.47 Å². The predicted molar refractivity (Wildman–Crippen MR) is 180 cm³/mol. The van der Waals surface area contributed by atoms with Crippen LogP contribution in [0.15, 0.2) is 42.5 Å². The van der Waals surface area contributed by atoms with Crippen molar-refractivity contribution in [2.75, 3.05) is 19.7 Å². The summed E-state index contributed by atoms with van der Waals surface area (Å²) in [4.78, 5) is 55.0. The monoisotopic (exact) mass is 655 g/mol. The molecule has 0 saturated carbocycles. The minimum absolute atomic E-state index is 0.0348. The average Bonchev–Trinajstić information content (AvgIpc) is 2.99. The van der Waals surface area contributed by atoms with Gasteiger partial charge in [-0.25, -0.2) is 4.79 Å². The second-order valence-electron chi connectivity index (χ2n) is 12.6. The van der Waals surface area contributed by atoms with Gasteiger partial charge in [0.1, 0.15) is 29.2 Å². The van der Waals surface area contributed by atoms with E-state index in [9.17, 15) is 29.4 Å². The number of aromatic hydroxyl groups is 2. The summed E-state index contributed by atoms with van der Waals surface area (Å²) in [6.45, 7) is 11.0. The van der Waals surface area contributed by atoms with Crippen molar-refractivity contribution >= 4 is 23.9 Å². The number of nitrogens with zero attached hydrogens (tertiary/aromatic N) is 1. The Hall–Kier alpha value is -4.28. The van der Waals surface area contributed by atoms with Gasteiger partial charge in [0, 0.05) is 25.1 Å². The third kappa shape index (κ3) is 13.5. The van der Waals surface area contributed by atoms with E-state index in [-0.39, 0.29) is 49.6 Å². The number of aryl methyl sites for hydroxylation is 1. The largest absolute Gasteiger partial charge is 0.508 e. The topological polar surface area (TPSA) is 154 Å². The lowest BCUT2D eigenvalue weighted by Gasteiger charge is -2.35. The molecule has 2 atom stereocenters. The zero-order valence-electron chi connectivity index (χ0n) is 28.8. The van der Waals surface area contributed by atoms with E-state index in [1.165, 1.54) is 17.0 Å². The second kappa shape index (κ2) is 19.4. The number of phenols is 2. The van der Waals surface area contributed by atoms with E-state index >= 15 is 0 Å². The molecule has 3 amide bonds. The average molecular weight is 656 g/mol. The minimum Gasteiger partial charge on any atom is -0.508 e. The Morgan fingerprint density at radius 3 is 2.21 bits per heavy atom. The maximum Gasteiger partial charge on any atom is 0.408 e. The van der Waals surface area contributed by atoms with E-state index in [1.54, 1.807) is 65.0 Å². The number of esters is 1. The number of carbonyl (C=O) groups is 4. The molecule has 2 unspecified atom stereocenters. The van der Waals surface area contributed by atoms with Crippen LogP contribution in [-0.2, 0) is 30.3 Å². The summed E-state index contributed by atoms with van der Waals surface area (Å²) >= 11 is 0. The van der Waals surface area contributed by atoms with Crippen molar-refractivity contribution in [3.8, 4) is 11.5 Å². The number of hydrogen-bond acceptors (Lipinski definition) is 8. The van der Waals surface area contributed by atoms with Crippen molar-refractivity contribution in [2.24, 2.45) is 0 Å². The van der Waals surface area contributed by atoms with Crippen LogP contribution >= 0.6 is 0 Å². The van der Waals surface area contributed by atoms with E-state index in [2.05, 4.69) is 17.6 Å². The van der Waals surface area contributed by atoms with Crippen LogP contribution in [0, 0.1) is 6.92 Å². The van der Waals surface area contributed by atoms with Crippen molar-refractivity contribution in [3.63, 3.8) is 0 Å². The van der Waals surface area contributed by atoms with Gasteiger partial charge in [-0.2, -0.15) is 0 Å². The van der Waals surface area contributed by atoms with Gasteiger partial charge < -0.3 is 35.2 Å². The molecule has 0 aliphatic heterocycles. The normalized spacial score (nSPS) is 12.5. The lowest BCUT2D eigenvalue weighted by Crippen LogP contribution is -2.54. The Kier molecular flexibility index (Phi) is 16.1. The predicted octanol–water partition coefficient (Wildman–Crippen LogP) is 5.84. The van der Waals surface area contributed by atoms with Crippen LogP contribution in [0.25, 0.3) is 0 Å². The summed E-state index contributed by atoms with van der Waals surface area (Å²) in [7, 11) is 0. The Morgan fingerprint density at radius 1 is 0.915 bits per heavy atom. The van der Waals surface area contributed by atoms with Gasteiger partial charge in [-0.15, -0.1) is 0 Å². The zero-order valence-corrected chi connectivity index (χ0v) is 28.8. The molecular weight excluding hydrogens is 602 g/mol. The van der Waals surface area contributed by atoms with Gasteiger partial charge in [-0.05, 0) is 64.3 Å². The maximum atomic E-state index is 14.6. The molecule has 4 N–H and O–H groups in total. The number of unbranched alkanes of at least 4 members (excludes halogenated alkanes) is 5. The number of ether oxygens (including phenoxy) is 2. The Morgan fingerprint density at radius 2 is 1.57 bits per heavy atom. The van der Waals surface area contributed by atoms with Crippen LogP contribution < -0.4 is 10.6 Å². The van der Waals surface area contributed by atoms with Crippen molar-refractivity contribution in [1.29, 1.82) is 0 Å². The second-order valence-corrected chi connectivity index (χ2v) is 12.6. The van der Waals surface area contributed by atoms with Crippen LogP contribution in [0.4, 0.5) is 4.79 Å². The Labute approximate surface area is 279 Å². The quantitative estimate of drug-likeness (QED) is 0.115. The number of para-hydroxylation sites is 1. The third-order valence-electron chi connectivity index (χ3n) is 7.46. The van der Waals surface area contributed by atoms with E-state index in [0.29, 0.717) is 17.5 Å². The van der Waals surface area contributed by atoms with Crippen LogP contribution in [0.3, 0.4) is 0 Å². The summed E-state index contributed by atoms with van der Waals surface area (Å²) in [6.07, 6.45) is 4.74. The summed E-state index contributed by atoms with van der Waals surface area (Å²) < 4.78 is 10.5. The van der Waals surface area contributed by atoms with Gasteiger partial charge in [0.2, 0.25) is 11.8 Å². The number of benzene rings is 2. The maximum absolute atomic E-state index is 14.6. The molecule has 2 aromatic rings. The van der Waals surface area contributed by atoms with Gasteiger partial charge in [-0.1, -0.05) is 69.4 Å². The molecule has 0 aliphatic rings. The van der Waals surface area contributed by atoms with E-state index < -0.39 is 41.6 Å². The fourth-order valence-corrected chi connectivity index (χ4v) is 5.12. The smallest absolute Gasteiger partial charge is 0.408 e. The van der Waals surface area contributed by atoms with Crippen LogP contribution in [0.5, 0.6) is 11.5 Å². The lowest BCUT2D eigenvalue weighted by molar-refractivity contribution is -0.144. The molecule has 0 bridgehead atoms. The first-order chi connectivity index (χ1) is 22.3. The Balaban J connectivity index is 2.57. The number of amides is 3. The molecule has 0 radical (unpaired) electrons. The minimum atomic E-state index is -1.28. The van der Waals surface area contributed by atoms with Crippen molar-refractivity contribution < 1.29 is 38.9 Å². The standard InChI is InChI=1S/C36H53N3O8/c1-7-9-10-11-12-13-23-39(31(28-16-14-15-25(3)32(28)42)33(43)37-22-21-30(41)46-8-2)34(44)29(38-35(45)47-36(4,5)6)24-26-17-19-27(40)20-18-26/h14-20,29,31,40,42H,7-13,21-24H2,1-6H3,(H,37,43)(H,38,45). The SMILES string of the molecule is CCCCCCCCN(C(=O)C(Cc1ccc(O)cc1)NC(=O)OC(C)(C)C)C(C(=O)NCCC(=O)OCC)c1cccc(C)c1O. The van der Waals surface area contributed by atoms with Crippen LogP contribution in [-0.4, -0.2) is 70.3 Å². The number of hydrogen-bond donors (Lipinski definition) is 4. The fraction of sp³-hybridized carbons (Fsp3) is 0.556. The molecule has 2 rings (SSSR count). The highest BCUT2D eigenvalue weighted by molar-refractivity contribution is 5.93. The van der Waals surface area contributed by atoms with Gasteiger partial charge in [-0.3, -0.25) is 14.4 Å². The number of alkyl carbamates (subject to hydrolysis) is 1. The molecular formula is C36H53N3O8. The van der Waals surface area contributed by atoms with Crippen LogP contribution in [0.2, 0.25) is 0 Å². The summed E-state index contributed by atoms with van der Waals surface area (Å²) in [6, 6.07) is 8.84. The zero-order chi connectivity index (χ0) is 35.0. The number of phenolic OH excluding ortho intramolecular Hbond substituents is 2. The van der Waals surface area contributed by atoms with Crippen LogP contribution in [0.1, 0.15) is 102 Å². The molecule has 0 aliphatic carbocycles. The number of nitrogens with one attached hydrogen (secondary N) is 2. The number of rotatable bonds is 18. The first-order valence-corrected chi connectivity index (χ1v) is 16.6. The highest BCUT2D eigenvalue weighted by Crippen LogP contribution is 2.33. The lowest BCUT2D eigenvalue weighted by atomic mass is 9.97. The van der Waals surface area contributed by atoms with Gasteiger partial charge >= 0.3 is 12.1 Å². The summed E-state index contributed by atoms with van der Waals surface area (Å²) in [5.41, 5.74) is 0.568. The molecule has 260 valence electrons. The van der Waals surface area contributed by atoms with Crippen molar-refractivity contribution in [1.82, 2.24) is 15.5 Å². The molecule has 11 nitrogen and oxygen atoms in total. The van der Waals surface area contributed by atoms with E-state index in [0.717, 1.165) is 32.1 Å². The van der Waals surface area contributed by atoms with Gasteiger partial charge in [0.15, 0.2) is 0 Å². The molecule has 2 aromatic carbocycles. The molecule has 0 aromatic heterocycles. The molecule has 0 spiro atoms. The molecule has 0 fully saturated rings. The third-order valence-corrected chi connectivity index (χ3v) is 7.46. The highest BCUT2D eigenvalue weighted by atomic mass is 16.6. The molecule has 0 heterocycles. The fourth-order valence-electron chi connectivity index (χ4n) is 5.12. The van der Waals surface area contributed by atoms with Crippen molar-refractivity contribution in [3.05, 3.63) is 59.2 Å². The van der Waals surface area contributed by atoms with Gasteiger partial charge in [0.05, 0.1) is 13.0 Å². The Bertz CT molecular complexity index is 1310. The summed E-state index contributed by atoms with van der Waals surface area (Å²) in [5.74, 6) is -1.69. The molecule has 11 heteroatoms. The van der Waals surface area contributed by atoms with Crippen molar-refractivity contribution in [2.45, 2.75) is 111 Å². The number of carbonyl (C=O) groups excluding carboxylic acids is 4. The van der Waals surface area contributed by atoms with E-state index in [1.807, 2.05) is 0 Å². The highest BCUT2D eigenvalue weighted by Gasteiger charge is 2.37. The molecule has 0 saturated heterocycles. The van der Waals surface area contributed by atoms with Gasteiger partial charge in [0.25, 0.3) is 0 Å². The molecule has 47 heavy (non-hydrogen) atoms. The summed E-state index contributed by atoms with van der Waals surface area (Å²) in [5, 5.41) is 26.4. The first-order valence-electron chi connectivity index (χ1n) is 16.6.